The van der Waals surface area contributed by atoms with Crippen LogP contribution in [0, 0.1) is 13.8 Å². The lowest BCUT2D eigenvalue weighted by Crippen LogP contribution is -2.30. The number of rotatable bonds is 7. The van der Waals surface area contributed by atoms with Gasteiger partial charge in [0.25, 0.3) is 5.91 Å². The van der Waals surface area contributed by atoms with E-state index in [9.17, 15) is 9.59 Å². The summed E-state index contributed by atoms with van der Waals surface area (Å²) < 4.78 is 2.10. The Morgan fingerprint density at radius 3 is 2.18 bits per heavy atom. The largest absolute Gasteiger partial charge is 0.339 e. The summed E-state index contributed by atoms with van der Waals surface area (Å²) in [4.78, 5) is 29.4. The number of hydrogen-bond acceptors (Lipinski definition) is 3. The van der Waals surface area contributed by atoms with Crippen LogP contribution in [0.1, 0.15) is 58.8 Å². The van der Waals surface area contributed by atoms with E-state index < -0.39 is 0 Å². The quantitative estimate of drug-likeness (QED) is 0.684. The average Bonchev–Trinajstić information content (AvgIpc) is 3.30. The zero-order valence-corrected chi connectivity index (χ0v) is 17.5. The van der Waals surface area contributed by atoms with Crippen LogP contribution in [-0.2, 0) is 0 Å². The molecule has 1 aromatic heterocycles. The minimum Gasteiger partial charge on any atom is -0.339 e. The molecule has 1 aliphatic heterocycles. The van der Waals surface area contributed by atoms with Crippen LogP contribution < -0.4 is 0 Å². The van der Waals surface area contributed by atoms with Crippen LogP contribution in [0.15, 0.2) is 30.3 Å². The van der Waals surface area contributed by atoms with Crippen molar-refractivity contribution in [3.05, 3.63) is 52.8 Å². The van der Waals surface area contributed by atoms with Gasteiger partial charge in [0.05, 0.1) is 6.54 Å². The van der Waals surface area contributed by atoms with Gasteiger partial charge < -0.3 is 9.47 Å². The zero-order chi connectivity index (χ0) is 20.3. The average molecular weight is 382 g/mol. The molecule has 5 heteroatoms. The number of hydrogen-bond donors (Lipinski definition) is 0. The van der Waals surface area contributed by atoms with E-state index in [4.69, 9.17) is 0 Å². The number of benzene rings is 1. The van der Waals surface area contributed by atoms with Crippen molar-refractivity contribution in [1.29, 1.82) is 0 Å². The summed E-state index contributed by atoms with van der Waals surface area (Å²) in [6, 6.07) is 9.67. The number of aromatic nitrogens is 1. The molecule has 0 bridgehead atoms. The number of carbonyl (C=O) groups is 2. The van der Waals surface area contributed by atoms with Gasteiger partial charge in [0.2, 0.25) is 0 Å². The molecular weight excluding hydrogens is 350 g/mol. The number of ketones is 1. The van der Waals surface area contributed by atoms with Crippen LogP contribution in [-0.4, -0.2) is 58.8 Å². The number of likely N-dealkylation sites (tertiary alicyclic amines) is 1. The smallest absolute Gasteiger partial charge is 0.253 e. The molecule has 28 heavy (non-hydrogen) atoms. The Labute approximate surface area is 167 Å². The SMILES string of the molecule is CCN(CC)C(=O)c1ccc(-n2c(C)cc(C(=O)CN3CCCC3)c2C)cc1. The summed E-state index contributed by atoms with van der Waals surface area (Å²) in [5, 5.41) is 0. The molecule has 0 saturated carbocycles. The lowest BCUT2D eigenvalue weighted by Gasteiger charge is -2.19. The number of carbonyl (C=O) groups excluding carboxylic acids is 2. The van der Waals surface area contributed by atoms with Crippen molar-refractivity contribution < 1.29 is 9.59 Å². The van der Waals surface area contributed by atoms with Crippen LogP contribution >= 0.6 is 0 Å². The highest BCUT2D eigenvalue weighted by Crippen LogP contribution is 2.23. The van der Waals surface area contributed by atoms with E-state index in [1.165, 1.54) is 12.8 Å². The second kappa shape index (κ2) is 8.74. The predicted octanol–water partition coefficient (Wildman–Crippen LogP) is 3.85. The van der Waals surface area contributed by atoms with Gasteiger partial charge in [-0.3, -0.25) is 14.5 Å². The van der Waals surface area contributed by atoms with Crippen molar-refractivity contribution in [3.8, 4) is 5.69 Å². The van der Waals surface area contributed by atoms with Crippen LogP contribution in [0.5, 0.6) is 0 Å². The Balaban J connectivity index is 1.82. The molecule has 0 radical (unpaired) electrons. The summed E-state index contributed by atoms with van der Waals surface area (Å²) in [6.07, 6.45) is 2.37. The highest BCUT2D eigenvalue weighted by molar-refractivity contribution is 5.99. The van der Waals surface area contributed by atoms with Crippen molar-refractivity contribution in [2.24, 2.45) is 0 Å². The Kier molecular flexibility index (Phi) is 6.35. The summed E-state index contributed by atoms with van der Waals surface area (Å²) in [7, 11) is 0. The van der Waals surface area contributed by atoms with E-state index in [1.807, 2.05) is 62.9 Å². The van der Waals surface area contributed by atoms with Gasteiger partial charge in [0, 0.05) is 41.3 Å². The third-order valence-electron chi connectivity index (χ3n) is 5.72. The highest BCUT2D eigenvalue weighted by atomic mass is 16.2. The standard InChI is InChI=1S/C23H31N3O2/c1-5-25(6-2)23(28)19-9-11-20(12-10-19)26-17(3)15-21(18(26)4)22(27)16-24-13-7-8-14-24/h9-12,15H,5-8,13-14,16H2,1-4H3. The number of aryl methyl sites for hydroxylation is 1. The topological polar surface area (TPSA) is 45.6 Å². The predicted molar refractivity (Wildman–Crippen MR) is 112 cm³/mol. The van der Waals surface area contributed by atoms with Crippen LogP contribution in [0.2, 0.25) is 0 Å². The normalized spacial score (nSPS) is 14.4. The van der Waals surface area contributed by atoms with Gasteiger partial charge in [-0.1, -0.05) is 0 Å². The zero-order valence-electron chi connectivity index (χ0n) is 17.5. The first kappa shape index (κ1) is 20.3. The van der Waals surface area contributed by atoms with Crippen LogP contribution in [0.3, 0.4) is 0 Å². The third kappa shape index (κ3) is 4.04. The summed E-state index contributed by atoms with van der Waals surface area (Å²) in [5.74, 6) is 0.244. The molecule has 1 fully saturated rings. The second-order valence-corrected chi connectivity index (χ2v) is 7.55. The van der Waals surface area contributed by atoms with E-state index in [1.54, 1.807) is 0 Å². The maximum atomic E-state index is 12.8. The minimum absolute atomic E-state index is 0.0546. The van der Waals surface area contributed by atoms with Crippen molar-refractivity contribution >= 4 is 11.7 Å². The Morgan fingerprint density at radius 2 is 1.61 bits per heavy atom. The molecule has 1 aromatic carbocycles. The molecule has 0 spiro atoms. The van der Waals surface area contributed by atoms with Gasteiger partial charge in [-0.25, -0.2) is 0 Å². The van der Waals surface area contributed by atoms with Crippen molar-refractivity contribution in [3.63, 3.8) is 0 Å². The van der Waals surface area contributed by atoms with Crippen molar-refractivity contribution in [1.82, 2.24) is 14.4 Å². The molecule has 3 rings (SSSR count). The minimum atomic E-state index is 0.0546. The van der Waals surface area contributed by atoms with Gasteiger partial charge in [0.1, 0.15) is 0 Å². The van der Waals surface area contributed by atoms with Crippen LogP contribution in [0.25, 0.3) is 5.69 Å². The second-order valence-electron chi connectivity index (χ2n) is 7.55. The van der Waals surface area contributed by atoms with Gasteiger partial charge in [-0.2, -0.15) is 0 Å². The van der Waals surface area contributed by atoms with Crippen molar-refractivity contribution in [2.45, 2.75) is 40.5 Å². The Hall–Kier alpha value is -2.40. The summed E-state index contributed by atoms with van der Waals surface area (Å²) >= 11 is 0. The Bertz CT molecular complexity index is 841. The molecule has 1 aliphatic rings. The maximum absolute atomic E-state index is 12.8. The fraction of sp³-hybridized carbons (Fsp3) is 0.478. The van der Waals surface area contributed by atoms with E-state index in [0.29, 0.717) is 25.2 Å². The van der Waals surface area contributed by atoms with Crippen molar-refractivity contribution in [2.75, 3.05) is 32.7 Å². The first-order chi connectivity index (χ1) is 13.5. The number of Topliss-reactive ketones (excluding diaryl/α,β-unsaturated/α-hetero) is 1. The highest BCUT2D eigenvalue weighted by Gasteiger charge is 2.21. The summed E-state index contributed by atoms with van der Waals surface area (Å²) in [6.45, 7) is 11.9. The molecule has 0 aliphatic carbocycles. The van der Waals surface area contributed by atoms with Gasteiger partial charge in [0.15, 0.2) is 5.78 Å². The van der Waals surface area contributed by atoms with Gasteiger partial charge in [-0.15, -0.1) is 0 Å². The van der Waals surface area contributed by atoms with E-state index >= 15 is 0 Å². The fourth-order valence-corrected chi connectivity index (χ4v) is 4.12. The molecule has 5 nitrogen and oxygen atoms in total. The monoisotopic (exact) mass is 381 g/mol. The first-order valence-electron chi connectivity index (χ1n) is 10.3. The van der Waals surface area contributed by atoms with Gasteiger partial charge in [-0.05, 0) is 84.0 Å². The molecule has 0 unspecified atom stereocenters. The molecule has 1 saturated heterocycles. The molecule has 2 heterocycles. The lowest BCUT2D eigenvalue weighted by molar-refractivity contribution is 0.0772. The third-order valence-corrected chi connectivity index (χ3v) is 5.72. The van der Waals surface area contributed by atoms with Gasteiger partial charge >= 0.3 is 0 Å². The molecule has 1 amide bonds. The van der Waals surface area contributed by atoms with E-state index in [0.717, 1.165) is 35.7 Å². The molecule has 0 N–H and O–H groups in total. The van der Waals surface area contributed by atoms with E-state index in [-0.39, 0.29) is 11.7 Å². The fourth-order valence-electron chi connectivity index (χ4n) is 4.12. The molecule has 0 atom stereocenters. The maximum Gasteiger partial charge on any atom is 0.253 e. The number of nitrogens with zero attached hydrogens (tertiary/aromatic N) is 3. The number of amides is 1. The molecule has 2 aromatic rings. The molecular formula is C23H31N3O2. The van der Waals surface area contributed by atoms with E-state index in [2.05, 4.69) is 9.47 Å². The van der Waals surface area contributed by atoms with Crippen LogP contribution in [0.4, 0.5) is 0 Å². The first-order valence-corrected chi connectivity index (χ1v) is 10.3. The molecule has 150 valence electrons. The Morgan fingerprint density at radius 1 is 1.00 bits per heavy atom. The summed E-state index contributed by atoms with van der Waals surface area (Å²) in [5.41, 5.74) is 4.47. The lowest BCUT2D eigenvalue weighted by atomic mass is 10.1.